The number of ether oxygens (including phenoxy) is 2. The maximum atomic E-state index is 14.7. The van der Waals surface area contributed by atoms with Crippen molar-refractivity contribution in [1.29, 1.82) is 5.26 Å². The predicted molar refractivity (Wildman–Crippen MR) is 110 cm³/mol. The highest BCUT2D eigenvalue weighted by Gasteiger charge is 2.44. The van der Waals surface area contributed by atoms with Gasteiger partial charge in [-0.1, -0.05) is 30.3 Å². The van der Waals surface area contributed by atoms with E-state index in [1.54, 1.807) is 42.5 Å². The molecule has 1 aliphatic heterocycles. The zero-order valence-electron chi connectivity index (χ0n) is 16.9. The maximum Gasteiger partial charge on any atom is 0.152 e. The zero-order valence-corrected chi connectivity index (χ0v) is 16.9. The number of allylic oxidation sites excluding steroid dienone is 3. The fraction of sp³-hybridized carbons (Fsp3) is 0.280. The molecule has 0 bridgehead atoms. The van der Waals surface area contributed by atoms with Crippen molar-refractivity contribution in [3.05, 3.63) is 94.2 Å². The van der Waals surface area contributed by atoms with E-state index in [2.05, 4.69) is 6.07 Å². The number of fused-ring (bicyclic) bond motifs is 1. The van der Waals surface area contributed by atoms with Gasteiger partial charge in [0.05, 0.1) is 23.7 Å². The lowest BCUT2D eigenvalue weighted by Crippen LogP contribution is -2.38. The molecule has 0 aromatic heterocycles. The Morgan fingerprint density at radius 3 is 2.63 bits per heavy atom. The van der Waals surface area contributed by atoms with Gasteiger partial charge in [-0.05, 0) is 50.1 Å². The zero-order chi connectivity index (χ0) is 21.3. The van der Waals surface area contributed by atoms with E-state index >= 15 is 0 Å². The minimum Gasteiger partial charge on any atom is -0.496 e. The summed E-state index contributed by atoms with van der Waals surface area (Å²) in [5, 5.41) is 9.08. The van der Waals surface area contributed by atoms with Crippen LogP contribution in [0.4, 0.5) is 4.39 Å². The van der Waals surface area contributed by atoms with Gasteiger partial charge in [0.1, 0.15) is 23.1 Å². The Labute approximate surface area is 175 Å². The molecule has 30 heavy (non-hydrogen) atoms. The average molecular weight is 403 g/mol. The number of ketones is 1. The Kier molecular flexibility index (Phi) is 5.17. The van der Waals surface area contributed by atoms with Crippen LogP contribution < -0.4 is 0 Å². The number of hydrogen-bond acceptors (Lipinski definition) is 4. The van der Waals surface area contributed by atoms with Crippen molar-refractivity contribution >= 4 is 5.78 Å². The summed E-state index contributed by atoms with van der Waals surface area (Å²) in [5.74, 6) is 1.01. The van der Waals surface area contributed by atoms with Crippen molar-refractivity contribution in [3.63, 3.8) is 0 Å². The van der Waals surface area contributed by atoms with Gasteiger partial charge in [0.25, 0.3) is 0 Å². The molecule has 4 rings (SSSR count). The van der Waals surface area contributed by atoms with Crippen molar-refractivity contribution in [1.82, 2.24) is 0 Å². The summed E-state index contributed by atoms with van der Waals surface area (Å²) in [7, 11) is 0. The van der Waals surface area contributed by atoms with Crippen LogP contribution in [0.3, 0.4) is 0 Å². The van der Waals surface area contributed by atoms with Crippen LogP contribution in [0.2, 0.25) is 0 Å². The minimum absolute atomic E-state index is 0.163. The number of nitriles is 1. The molecule has 2 aromatic carbocycles. The van der Waals surface area contributed by atoms with Crippen LogP contribution in [0.25, 0.3) is 0 Å². The normalized spacial score (nSPS) is 21.8. The third-order valence-corrected chi connectivity index (χ3v) is 5.87. The van der Waals surface area contributed by atoms with Gasteiger partial charge in [-0.3, -0.25) is 4.79 Å². The van der Waals surface area contributed by atoms with E-state index in [4.69, 9.17) is 14.7 Å². The number of carbonyl (C=O) groups excluding carboxylic acids is 1. The molecule has 2 unspecified atom stereocenters. The molecule has 2 aromatic rings. The molecule has 0 saturated carbocycles. The highest BCUT2D eigenvalue weighted by atomic mass is 19.1. The summed E-state index contributed by atoms with van der Waals surface area (Å²) >= 11 is 0. The van der Waals surface area contributed by atoms with Crippen LogP contribution in [0.15, 0.2) is 71.7 Å². The van der Waals surface area contributed by atoms with Gasteiger partial charge < -0.3 is 9.47 Å². The molecule has 152 valence electrons. The van der Waals surface area contributed by atoms with E-state index in [-0.39, 0.29) is 11.6 Å². The Morgan fingerprint density at radius 2 is 1.93 bits per heavy atom. The standard InChI is InChI=1S/C25H22FNO3/c1-16-21(11-13-25(2)22(28)12-14-29-24(16)25)30-23(19-5-3-4-6-20(19)26)18-9-7-17(15-27)8-10-18/h3-11,23H,12-14H2,1-2H3. The Hall–Kier alpha value is -3.39. The molecular weight excluding hydrogens is 381 g/mol. The van der Waals surface area contributed by atoms with E-state index in [9.17, 15) is 9.18 Å². The van der Waals surface area contributed by atoms with E-state index in [1.807, 2.05) is 19.9 Å². The Bertz CT molecular complexity index is 1090. The first-order valence-electron chi connectivity index (χ1n) is 9.93. The van der Waals surface area contributed by atoms with Gasteiger partial charge >= 0.3 is 0 Å². The predicted octanol–water partition coefficient (Wildman–Crippen LogP) is 5.36. The van der Waals surface area contributed by atoms with Crippen LogP contribution in [0.5, 0.6) is 0 Å². The molecule has 1 aliphatic carbocycles. The van der Waals surface area contributed by atoms with E-state index < -0.39 is 11.5 Å². The number of nitrogens with zero attached hydrogens (tertiary/aromatic N) is 1. The lowest BCUT2D eigenvalue weighted by molar-refractivity contribution is -0.133. The quantitative estimate of drug-likeness (QED) is 0.689. The van der Waals surface area contributed by atoms with Gasteiger partial charge in [0.15, 0.2) is 6.10 Å². The molecule has 1 heterocycles. The molecule has 0 amide bonds. The van der Waals surface area contributed by atoms with Crippen LogP contribution >= 0.6 is 0 Å². The van der Waals surface area contributed by atoms with Gasteiger partial charge in [-0.2, -0.15) is 5.26 Å². The van der Waals surface area contributed by atoms with Crippen molar-refractivity contribution in [3.8, 4) is 6.07 Å². The molecule has 4 nitrogen and oxygen atoms in total. The highest BCUT2D eigenvalue weighted by molar-refractivity contribution is 5.89. The van der Waals surface area contributed by atoms with Crippen molar-refractivity contribution in [2.45, 2.75) is 32.8 Å². The lowest BCUT2D eigenvalue weighted by Gasteiger charge is -2.38. The van der Waals surface area contributed by atoms with Crippen LogP contribution in [-0.2, 0) is 14.3 Å². The summed E-state index contributed by atoms with van der Waals surface area (Å²) in [6.45, 7) is 4.13. The second-order valence-electron chi connectivity index (χ2n) is 7.83. The summed E-state index contributed by atoms with van der Waals surface area (Å²) in [6.07, 6.45) is 2.07. The molecule has 1 saturated heterocycles. The smallest absolute Gasteiger partial charge is 0.152 e. The molecule has 0 N–H and O–H groups in total. The van der Waals surface area contributed by atoms with E-state index in [0.717, 1.165) is 11.1 Å². The van der Waals surface area contributed by atoms with Crippen LogP contribution in [0, 0.1) is 22.6 Å². The average Bonchev–Trinajstić information content (AvgIpc) is 2.76. The maximum absolute atomic E-state index is 14.7. The summed E-state index contributed by atoms with van der Waals surface area (Å²) in [6, 6.07) is 15.5. The van der Waals surface area contributed by atoms with Crippen molar-refractivity contribution < 1.29 is 18.7 Å². The van der Waals surface area contributed by atoms with Crippen LogP contribution in [0.1, 0.15) is 49.5 Å². The number of Topliss-reactive ketones (excluding diaryl/α,β-unsaturated/α-hetero) is 1. The SMILES string of the molecule is CC1=C2OCCC(=O)C2(C)CC=C1OC(c1ccc(C#N)cc1)c1ccccc1F. The third-order valence-electron chi connectivity index (χ3n) is 5.87. The topological polar surface area (TPSA) is 59.3 Å². The molecule has 0 spiro atoms. The first kappa shape index (κ1) is 19.9. The first-order valence-corrected chi connectivity index (χ1v) is 9.93. The summed E-state index contributed by atoms with van der Waals surface area (Å²) in [4.78, 5) is 12.5. The number of halogens is 1. The van der Waals surface area contributed by atoms with Crippen LogP contribution in [-0.4, -0.2) is 12.4 Å². The first-order chi connectivity index (χ1) is 14.4. The van der Waals surface area contributed by atoms with Gasteiger partial charge in [0, 0.05) is 17.6 Å². The summed E-state index contributed by atoms with van der Waals surface area (Å²) < 4.78 is 26.9. The molecule has 1 fully saturated rings. The minimum atomic E-state index is -0.704. The number of rotatable bonds is 4. The fourth-order valence-corrected chi connectivity index (χ4v) is 4.09. The number of benzene rings is 2. The molecule has 5 heteroatoms. The molecule has 2 atom stereocenters. The molecular formula is C25H22FNO3. The van der Waals surface area contributed by atoms with E-state index in [1.165, 1.54) is 6.07 Å². The van der Waals surface area contributed by atoms with Crippen molar-refractivity contribution in [2.75, 3.05) is 6.61 Å². The van der Waals surface area contributed by atoms with Gasteiger partial charge in [0.2, 0.25) is 0 Å². The number of carbonyl (C=O) groups is 1. The second kappa shape index (κ2) is 7.79. The van der Waals surface area contributed by atoms with Crippen molar-refractivity contribution in [2.24, 2.45) is 5.41 Å². The Morgan fingerprint density at radius 1 is 1.20 bits per heavy atom. The molecule has 2 aliphatic rings. The Balaban J connectivity index is 1.73. The van der Waals surface area contributed by atoms with E-state index in [0.29, 0.717) is 42.1 Å². The fourth-order valence-electron chi connectivity index (χ4n) is 4.09. The van der Waals surface area contributed by atoms with Gasteiger partial charge in [-0.15, -0.1) is 0 Å². The highest BCUT2D eigenvalue weighted by Crippen LogP contribution is 2.46. The largest absolute Gasteiger partial charge is 0.496 e. The summed E-state index contributed by atoms with van der Waals surface area (Å²) in [5.41, 5.74) is 1.73. The second-order valence-corrected chi connectivity index (χ2v) is 7.83. The van der Waals surface area contributed by atoms with Gasteiger partial charge in [-0.25, -0.2) is 4.39 Å². The monoisotopic (exact) mass is 403 g/mol. The number of hydrogen-bond donors (Lipinski definition) is 0. The molecule has 0 radical (unpaired) electrons. The lowest BCUT2D eigenvalue weighted by atomic mass is 9.73. The third kappa shape index (κ3) is 3.39.